The maximum absolute atomic E-state index is 5.08. The fourth-order valence-corrected chi connectivity index (χ4v) is 3.23. The Morgan fingerprint density at radius 2 is 2.08 bits per heavy atom. The van der Waals surface area contributed by atoms with E-state index in [0.29, 0.717) is 5.88 Å². The minimum Gasteiger partial charge on any atom is -0.481 e. The summed E-state index contributed by atoms with van der Waals surface area (Å²) in [5, 5.41) is 8.73. The van der Waals surface area contributed by atoms with Crippen LogP contribution in [0.25, 0.3) is 16.2 Å². The highest BCUT2D eigenvalue weighted by molar-refractivity contribution is 7.20. The zero-order valence-corrected chi connectivity index (χ0v) is 14.4. The highest BCUT2D eigenvalue weighted by atomic mass is 32.1. The predicted molar refractivity (Wildman–Crippen MR) is 97.1 cm³/mol. The van der Waals surface area contributed by atoms with Crippen LogP contribution in [0.3, 0.4) is 0 Å². The second-order valence-corrected chi connectivity index (χ2v) is 6.34. The summed E-state index contributed by atoms with van der Waals surface area (Å²) in [5.41, 5.74) is 3.03. The summed E-state index contributed by atoms with van der Waals surface area (Å²) >= 11 is 1.53. The summed E-state index contributed by atoms with van der Waals surface area (Å²) in [6.45, 7) is 0.815. The largest absolute Gasteiger partial charge is 0.481 e. The maximum Gasteiger partial charge on any atom is 0.214 e. The van der Waals surface area contributed by atoms with Gasteiger partial charge in [-0.3, -0.25) is 4.98 Å². The molecule has 4 aromatic rings. The molecule has 126 valence electrons. The summed E-state index contributed by atoms with van der Waals surface area (Å²) < 4.78 is 6.87. The van der Waals surface area contributed by atoms with E-state index < -0.39 is 0 Å². The first kappa shape index (κ1) is 15.5. The van der Waals surface area contributed by atoms with Crippen molar-refractivity contribution < 1.29 is 4.74 Å². The van der Waals surface area contributed by atoms with Crippen LogP contribution in [-0.4, -0.2) is 38.2 Å². The van der Waals surface area contributed by atoms with E-state index in [1.165, 1.54) is 16.9 Å². The highest BCUT2D eigenvalue weighted by Gasteiger charge is 2.10. The van der Waals surface area contributed by atoms with Crippen LogP contribution >= 0.6 is 11.3 Å². The number of nitrogens with one attached hydrogen (secondary N) is 1. The number of hydrogen-bond acceptors (Lipinski definition) is 7. The van der Waals surface area contributed by atoms with Crippen LogP contribution in [0.1, 0.15) is 5.56 Å². The van der Waals surface area contributed by atoms with Crippen molar-refractivity contribution >= 4 is 21.4 Å². The van der Waals surface area contributed by atoms with Crippen LogP contribution in [-0.2, 0) is 6.42 Å². The van der Waals surface area contributed by atoms with Crippen molar-refractivity contribution in [3.63, 3.8) is 0 Å². The van der Waals surface area contributed by atoms with Gasteiger partial charge in [0.05, 0.1) is 19.0 Å². The monoisotopic (exact) mass is 352 g/mol. The van der Waals surface area contributed by atoms with Gasteiger partial charge in [0.2, 0.25) is 16.0 Å². The molecule has 0 aliphatic rings. The van der Waals surface area contributed by atoms with E-state index in [0.717, 1.165) is 34.3 Å². The third kappa shape index (κ3) is 3.43. The van der Waals surface area contributed by atoms with E-state index in [9.17, 15) is 0 Å². The number of aromatic nitrogens is 5. The summed E-state index contributed by atoms with van der Waals surface area (Å²) in [7, 11) is 1.60. The van der Waals surface area contributed by atoms with Gasteiger partial charge in [0.15, 0.2) is 0 Å². The topological polar surface area (TPSA) is 77.2 Å². The van der Waals surface area contributed by atoms with Crippen LogP contribution < -0.4 is 10.1 Å². The summed E-state index contributed by atoms with van der Waals surface area (Å²) in [6, 6.07) is 7.80. The van der Waals surface area contributed by atoms with Gasteiger partial charge in [-0.1, -0.05) is 11.3 Å². The average Bonchev–Trinajstić information content (AvgIpc) is 3.21. The summed E-state index contributed by atoms with van der Waals surface area (Å²) in [4.78, 5) is 13.7. The molecule has 8 heteroatoms. The SMILES string of the molecule is COc1ccc(-c2cn3nc(NCCc4ccncc4)sc3n2)cn1. The molecule has 0 amide bonds. The molecule has 0 atom stereocenters. The number of imidazole rings is 1. The third-order valence-corrected chi connectivity index (χ3v) is 4.60. The fourth-order valence-electron chi connectivity index (χ4n) is 2.43. The van der Waals surface area contributed by atoms with Crippen LogP contribution in [0.15, 0.2) is 49.1 Å². The van der Waals surface area contributed by atoms with Gasteiger partial charge < -0.3 is 10.1 Å². The van der Waals surface area contributed by atoms with Gasteiger partial charge in [-0.15, -0.1) is 5.10 Å². The van der Waals surface area contributed by atoms with E-state index in [1.807, 2.05) is 42.9 Å². The van der Waals surface area contributed by atoms with Gasteiger partial charge in [0, 0.05) is 36.8 Å². The Bertz CT molecular complexity index is 932. The number of pyridine rings is 2. The molecule has 4 heterocycles. The normalized spacial score (nSPS) is 10.9. The van der Waals surface area contributed by atoms with Crippen molar-refractivity contribution in [1.82, 2.24) is 24.6 Å². The molecule has 0 saturated carbocycles. The molecule has 0 unspecified atom stereocenters. The Kier molecular flexibility index (Phi) is 4.26. The first-order valence-electron chi connectivity index (χ1n) is 7.81. The van der Waals surface area contributed by atoms with Crippen molar-refractivity contribution in [1.29, 1.82) is 0 Å². The standard InChI is InChI=1S/C17H16N6OS/c1-24-15-3-2-13(10-20-15)14-11-23-17(21-14)25-16(22-23)19-9-6-12-4-7-18-8-5-12/h2-5,7-8,10-11H,6,9H2,1H3,(H,19,22). The molecule has 0 spiro atoms. The Morgan fingerprint density at radius 3 is 2.80 bits per heavy atom. The van der Waals surface area contributed by atoms with Crippen LogP contribution in [0, 0.1) is 0 Å². The molecule has 0 aromatic carbocycles. The number of methoxy groups -OCH3 is 1. The first-order valence-corrected chi connectivity index (χ1v) is 8.63. The van der Waals surface area contributed by atoms with E-state index >= 15 is 0 Å². The van der Waals surface area contributed by atoms with E-state index in [1.54, 1.807) is 17.8 Å². The van der Waals surface area contributed by atoms with Gasteiger partial charge in [0.1, 0.15) is 0 Å². The Balaban J connectivity index is 1.43. The molecular weight excluding hydrogens is 336 g/mol. The van der Waals surface area contributed by atoms with Crippen molar-refractivity contribution in [3.8, 4) is 17.1 Å². The molecule has 0 saturated heterocycles. The van der Waals surface area contributed by atoms with Gasteiger partial charge in [-0.25, -0.2) is 14.5 Å². The zero-order valence-electron chi connectivity index (χ0n) is 13.6. The minimum absolute atomic E-state index is 0.587. The van der Waals surface area contributed by atoms with Gasteiger partial charge in [-0.2, -0.15) is 0 Å². The number of fused-ring (bicyclic) bond motifs is 1. The lowest BCUT2D eigenvalue weighted by molar-refractivity contribution is 0.398. The molecule has 0 aliphatic carbocycles. The third-order valence-electron chi connectivity index (χ3n) is 3.72. The quantitative estimate of drug-likeness (QED) is 0.575. The maximum atomic E-state index is 5.08. The molecule has 1 N–H and O–H groups in total. The van der Waals surface area contributed by atoms with Crippen LogP contribution in [0.2, 0.25) is 0 Å². The highest BCUT2D eigenvalue weighted by Crippen LogP contribution is 2.24. The second kappa shape index (κ2) is 6.86. The average molecular weight is 352 g/mol. The summed E-state index contributed by atoms with van der Waals surface area (Å²) in [5.74, 6) is 0.587. The smallest absolute Gasteiger partial charge is 0.214 e. The zero-order chi connectivity index (χ0) is 17.1. The molecule has 0 bridgehead atoms. The van der Waals surface area contributed by atoms with Gasteiger partial charge in [-0.05, 0) is 30.2 Å². The Morgan fingerprint density at radius 1 is 1.20 bits per heavy atom. The number of nitrogens with zero attached hydrogens (tertiary/aromatic N) is 5. The van der Waals surface area contributed by atoms with Crippen LogP contribution in [0.4, 0.5) is 5.13 Å². The molecular formula is C17H16N6OS. The lowest BCUT2D eigenvalue weighted by atomic mass is 10.2. The van der Waals surface area contributed by atoms with Crippen molar-refractivity contribution in [2.24, 2.45) is 0 Å². The number of ether oxygens (including phenoxy) is 1. The predicted octanol–water partition coefficient (Wildman–Crippen LogP) is 2.91. The molecule has 4 rings (SSSR count). The molecule has 0 aliphatic heterocycles. The van der Waals surface area contributed by atoms with E-state index in [2.05, 4.69) is 25.4 Å². The lowest BCUT2D eigenvalue weighted by Gasteiger charge is -2.01. The minimum atomic E-state index is 0.587. The van der Waals surface area contributed by atoms with Crippen LogP contribution in [0.5, 0.6) is 5.88 Å². The molecule has 7 nitrogen and oxygen atoms in total. The molecule has 0 radical (unpaired) electrons. The lowest BCUT2D eigenvalue weighted by Crippen LogP contribution is -2.04. The Hall–Kier alpha value is -3.00. The van der Waals surface area contributed by atoms with Gasteiger partial charge >= 0.3 is 0 Å². The summed E-state index contributed by atoms with van der Waals surface area (Å²) in [6.07, 6.45) is 8.19. The van der Waals surface area contributed by atoms with E-state index in [-0.39, 0.29) is 0 Å². The van der Waals surface area contributed by atoms with E-state index in [4.69, 9.17) is 4.74 Å². The number of anilines is 1. The first-order chi connectivity index (χ1) is 12.3. The van der Waals surface area contributed by atoms with Crippen molar-refractivity contribution in [2.75, 3.05) is 19.0 Å². The van der Waals surface area contributed by atoms with Crippen molar-refractivity contribution in [2.45, 2.75) is 6.42 Å². The van der Waals surface area contributed by atoms with Gasteiger partial charge in [0.25, 0.3) is 0 Å². The molecule has 0 fully saturated rings. The van der Waals surface area contributed by atoms with Crippen molar-refractivity contribution in [3.05, 3.63) is 54.6 Å². The molecule has 25 heavy (non-hydrogen) atoms. The molecule has 4 aromatic heterocycles. The Labute approximate surface area is 148 Å². The number of hydrogen-bond donors (Lipinski definition) is 1. The fraction of sp³-hybridized carbons (Fsp3) is 0.176. The second-order valence-electron chi connectivity index (χ2n) is 5.38. The number of rotatable bonds is 6.